The van der Waals surface area contributed by atoms with Gasteiger partial charge >= 0.3 is 0 Å². The molecule has 1 aliphatic heterocycles. The summed E-state index contributed by atoms with van der Waals surface area (Å²) in [5.74, 6) is 0.407. The van der Waals surface area contributed by atoms with Crippen molar-refractivity contribution in [3.05, 3.63) is 76.5 Å². The Morgan fingerprint density at radius 3 is 2.73 bits per heavy atom. The summed E-state index contributed by atoms with van der Waals surface area (Å²) in [6.45, 7) is 2.95. The summed E-state index contributed by atoms with van der Waals surface area (Å²) in [6.07, 6.45) is 2.23. The Kier molecular flexibility index (Phi) is 6.67. The first-order valence-electron chi connectivity index (χ1n) is 10.3. The third-order valence-electron chi connectivity index (χ3n) is 5.49. The molecule has 5 nitrogen and oxygen atoms in total. The van der Waals surface area contributed by atoms with Gasteiger partial charge < -0.3 is 20.3 Å². The van der Waals surface area contributed by atoms with Crippen LogP contribution in [0.2, 0.25) is 0 Å². The van der Waals surface area contributed by atoms with Gasteiger partial charge in [0.1, 0.15) is 5.75 Å². The molecule has 2 aromatic carbocycles. The number of nitrogens with zero attached hydrogens (tertiary/aromatic N) is 1. The number of ether oxygens (including phenoxy) is 1. The number of rotatable bonds is 7. The molecule has 1 amide bonds. The van der Waals surface area contributed by atoms with E-state index in [1.165, 1.54) is 5.56 Å². The highest BCUT2D eigenvalue weighted by molar-refractivity contribution is 7.07. The molecule has 1 aromatic heterocycles. The number of benzene rings is 2. The fourth-order valence-electron chi connectivity index (χ4n) is 3.81. The normalized spacial score (nSPS) is 14.5. The number of thiophene rings is 1. The smallest absolute Gasteiger partial charge is 0.259 e. The summed E-state index contributed by atoms with van der Waals surface area (Å²) in [5.41, 5.74) is 3.83. The molecule has 1 aliphatic rings. The van der Waals surface area contributed by atoms with Crippen LogP contribution < -0.4 is 20.3 Å². The van der Waals surface area contributed by atoms with E-state index < -0.39 is 0 Å². The molecule has 1 fully saturated rings. The summed E-state index contributed by atoms with van der Waals surface area (Å²) >= 11 is 1.74. The van der Waals surface area contributed by atoms with Gasteiger partial charge in [-0.25, -0.2) is 0 Å². The first kappa shape index (κ1) is 20.4. The number of hydrogen-bond acceptors (Lipinski definition) is 5. The number of nitrogens with one attached hydrogen (secondary N) is 2. The molecule has 6 heteroatoms. The van der Waals surface area contributed by atoms with Crippen molar-refractivity contribution in [3.8, 4) is 5.75 Å². The third kappa shape index (κ3) is 5.01. The highest BCUT2D eigenvalue weighted by atomic mass is 32.1. The zero-order valence-electron chi connectivity index (χ0n) is 17.1. The predicted octanol–water partition coefficient (Wildman–Crippen LogP) is 4.77. The van der Waals surface area contributed by atoms with E-state index in [0.717, 1.165) is 43.9 Å². The molecule has 0 atom stereocenters. The molecule has 3 aromatic rings. The maximum atomic E-state index is 12.7. The fraction of sp³-hybridized carbons (Fsp3) is 0.292. The first-order chi connectivity index (χ1) is 14.7. The lowest BCUT2D eigenvalue weighted by atomic mass is 10.0. The molecule has 156 valence electrons. The van der Waals surface area contributed by atoms with E-state index in [1.807, 2.05) is 30.3 Å². The van der Waals surface area contributed by atoms with E-state index in [-0.39, 0.29) is 5.91 Å². The molecule has 30 heavy (non-hydrogen) atoms. The number of carbonyl (C=O) groups excluding carboxylic acids is 1. The molecule has 0 aliphatic carbocycles. The van der Waals surface area contributed by atoms with Gasteiger partial charge in [-0.1, -0.05) is 18.2 Å². The second-order valence-electron chi connectivity index (χ2n) is 7.48. The predicted molar refractivity (Wildman–Crippen MR) is 124 cm³/mol. The highest BCUT2D eigenvalue weighted by Crippen LogP contribution is 2.25. The number of piperidine rings is 1. The molecule has 0 bridgehead atoms. The van der Waals surface area contributed by atoms with Crippen LogP contribution in [0, 0.1) is 0 Å². The average molecular weight is 422 g/mol. The largest absolute Gasteiger partial charge is 0.496 e. The molecule has 0 unspecified atom stereocenters. The van der Waals surface area contributed by atoms with Crippen molar-refractivity contribution in [1.82, 2.24) is 5.32 Å². The first-order valence-corrected chi connectivity index (χ1v) is 11.2. The van der Waals surface area contributed by atoms with Gasteiger partial charge in [0, 0.05) is 37.1 Å². The topological polar surface area (TPSA) is 53.6 Å². The van der Waals surface area contributed by atoms with E-state index >= 15 is 0 Å². The van der Waals surface area contributed by atoms with Gasteiger partial charge in [-0.2, -0.15) is 11.3 Å². The summed E-state index contributed by atoms with van der Waals surface area (Å²) < 4.78 is 5.30. The van der Waals surface area contributed by atoms with E-state index in [9.17, 15) is 4.79 Å². The standard InChI is InChI=1S/C24H27N3O2S/c1-29-23-8-3-2-7-22(23)24(28)26-20-5-4-6-21(15-20)27-12-9-19(10-13-27)25-16-18-11-14-30-17-18/h2-8,11,14-15,17,19,25H,9-10,12-13,16H2,1H3,(H,26,28). The number of methoxy groups -OCH3 is 1. The lowest BCUT2D eigenvalue weighted by Gasteiger charge is -2.34. The maximum absolute atomic E-state index is 12.7. The second-order valence-corrected chi connectivity index (χ2v) is 8.26. The molecular formula is C24H27N3O2S. The monoisotopic (exact) mass is 421 g/mol. The van der Waals surface area contributed by atoms with Crippen LogP contribution in [0.5, 0.6) is 5.75 Å². The molecule has 0 radical (unpaired) electrons. The minimum absolute atomic E-state index is 0.166. The SMILES string of the molecule is COc1ccccc1C(=O)Nc1cccc(N2CCC(NCc3ccsc3)CC2)c1. The number of anilines is 2. The Labute approximate surface area is 181 Å². The average Bonchev–Trinajstić information content (AvgIpc) is 3.32. The summed E-state index contributed by atoms with van der Waals surface area (Å²) in [4.78, 5) is 15.1. The fourth-order valence-corrected chi connectivity index (χ4v) is 4.48. The number of amides is 1. The van der Waals surface area contributed by atoms with Crippen molar-refractivity contribution in [2.24, 2.45) is 0 Å². The Morgan fingerprint density at radius 1 is 1.13 bits per heavy atom. The summed E-state index contributed by atoms with van der Waals surface area (Å²) in [5, 5.41) is 11.0. The van der Waals surface area contributed by atoms with Crippen LogP contribution in [0.25, 0.3) is 0 Å². The molecule has 2 N–H and O–H groups in total. The van der Waals surface area contributed by atoms with Crippen LogP contribution in [0.4, 0.5) is 11.4 Å². The molecule has 2 heterocycles. The van der Waals surface area contributed by atoms with Crippen molar-refractivity contribution in [2.75, 3.05) is 30.4 Å². The Balaban J connectivity index is 1.34. The summed E-state index contributed by atoms with van der Waals surface area (Å²) in [7, 11) is 1.57. The molecule has 0 saturated carbocycles. The zero-order valence-corrected chi connectivity index (χ0v) is 18.0. The second kappa shape index (κ2) is 9.78. The van der Waals surface area contributed by atoms with Gasteiger partial charge in [-0.15, -0.1) is 0 Å². The van der Waals surface area contributed by atoms with Gasteiger partial charge in [-0.05, 0) is 65.6 Å². The minimum Gasteiger partial charge on any atom is -0.496 e. The van der Waals surface area contributed by atoms with Crippen LogP contribution >= 0.6 is 11.3 Å². The van der Waals surface area contributed by atoms with Gasteiger partial charge in [0.2, 0.25) is 0 Å². The Morgan fingerprint density at radius 2 is 1.97 bits per heavy atom. The Hall–Kier alpha value is -2.83. The third-order valence-corrected chi connectivity index (χ3v) is 6.22. The highest BCUT2D eigenvalue weighted by Gasteiger charge is 2.19. The number of hydrogen-bond donors (Lipinski definition) is 2. The van der Waals surface area contributed by atoms with Crippen molar-refractivity contribution in [1.29, 1.82) is 0 Å². The van der Waals surface area contributed by atoms with Crippen LogP contribution in [0.3, 0.4) is 0 Å². The van der Waals surface area contributed by atoms with Crippen molar-refractivity contribution in [3.63, 3.8) is 0 Å². The van der Waals surface area contributed by atoms with E-state index in [0.29, 0.717) is 17.4 Å². The van der Waals surface area contributed by atoms with Crippen molar-refractivity contribution >= 4 is 28.6 Å². The molecule has 4 rings (SSSR count). The minimum atomic E-state index is -0.166. The van der Waals surface area contributed by atoms with Crippen LogP contribution in [0.1, 0.15) is 28.8 Å². The van der Waals surface area contributed by atoms with Crippen LogP contribution in [-0.4, -0.2) is 32.1 Å². The Bertz CT molecular complexity index is 966. The van der Waals surface area contributed by atoms with E-state index in [2.05, 4.69) is 38.4 Å². The summed E-state index contributed by atoms with van der Waals surface area (Å²) in [6, 6.07) is 18.1. The van der Waals surface area contributed by atoms with E-state index in [1.54, 1.807) is 30.6 Å². The quantitative estimate of drug-likeness (QED) is 0.577. The van der Waals surface area contributed by atoms with Gasteiger partial charge in [0.25, 0.3) is 5.91 Å². The number of para-hydroxylation sites is 1. The van der Waals surface area contributed by atoms with Gasteiger partial charge in [0.05, 0.1) is 12.7 Å². The van der Waals surface area contributed by atoms with Crippen LogP contribution in [0.15, 0.2) is 65.4 Å². The lowest BCUT2D eigenvalue weighted by Crippen LogP contribution is -2.42. The van der Waals surface area contributed by atoms with E-state index in [4.69, 9.17) is 4.74 Å². The van der Waals surface area contributed by atoms with Crippen molar-refractivity contribution < 1.29 is 9.53 Å². The lowest BCUT2D eigenvalue weighted by molar-refractivity contribution is 0.102. The molecule has 0 spiro atoms. The molecular weight excluding hydrogens is 394 g/mol. The van der Waals surface area contributed by atoms with Gasteiger partial charge in [0.15, 0.2) is 0 Å². The molecule has 1 saturated heterocycles. The zero-order chi connectivity index (χ0) is 20.8. The van der Waals surface area contributed by atoms with Crippen molar-refractivity contribution in [2.45, 2.75) is 25.4 Å². The maximum Gasteiger partial charge on any atom is 0.259 e. The van der Waals surface area contributed by atoms with Gasteiger partial charge in [-0.3, -0.25) is 4.79 Å². The number of carbonyl (C=O) groups is 1. The van der Waals surface area contributed by atoms with Crippen LogP contribution in [-0.2, 0) is 6.54 Å².